The van der Waals surface area contributed by atoms with E-state index in [4.69, 9.17) is 9.15 Å². The van der Waals surface area contributed by atoms with Crippen LogP contribution in [0.4, 0.5) is 11.7 Å². The Morgan fingerprint density at radius 3 is 2.84 bits per heavy atom. The van der Waals surface area contributed by atoms with Crippen LogP contribution in [0.1, 0.15) is 18.9 Å². The highest BCUT2D eigenvalue weighted by molar-refractivity contribution is 9.10. The smallest absolute Gasteiger partial charge is 0.320 e. The van der Waals surface area contributed by atoms with Gasteiger partial charge in [-0.05, 0) is 32.2 Å². The first-order valence-electron chi connectivity index (χ1n) is 5.75. The number of halogens is 1. The van der Waals surface area contributed by atoms with Crippen molar-refractivity contribution in [2.45, 2.75) is 13.0 Å². The minimum absolute atomic E-state index is 0.00690. The van der Waals surface area contributed by atoms with Crippen molar-refractivity contribution in [3.8, 4) is 5.75 Å². The maximum atomic E-state index is 5.51. The van der Waals surface area contributed by atoms with Gasteiger partial charge in [0.05, 0.1) is 18.8 Å². The zero-order chi connectivity index (χ0) is 13.8. The molecular weight excluding hydrogens is 312 g/mol. The SMILES string of the molecule is CNC(C)c1nnc(Nc2cc(Br)ccc2OC)o1. The summed E-state index contributed by atoms with van der Waals surface area (Å²) in [6.07, 6.45) is 0. The second-order valence-electron chi connectivity index (χ2n) is 3.93. The first-order chi connectivity index (χ1) is 9.13. The predicted molar refractivity (Wildman–Crippen MR) is 75.7 cm³/mol. The van der Waals surface area contributed by atoms with Gasteiger partial charge < -0.3 is 19.8 Å². The Kier molecular flexibility index (Phi) is 4.39. The van der Waals surface area contributed by atoms with Gasteiger partial charge in [0.25, 0.3) is 0 Å². The van der Waals surface area contributed by atoms with Gasteiger partial charge in [-0.1, -0.05) is 21.0 Å². The number of rotatable bonds is 5. The van der Waals surface area contributed by atoms with Gasteiger partial charge in [0, 0.05) is 4.47 Å². The van der Waals surface area contributed by atoms with E-state index in [1.54, 1.807) is 7.11 Å². The highest BCUT2D eigenvalue weighted by atomic mass is 79.9. The summed E-state index contributed by atoms with van der Waals surface area (Å²) in [5.41, 5.74) is 0.754. The van der Waals surface area contributed by atoms with Crippen LogP contribution in [0.5, 0.6) is 5.75 Å². The fraction of sp³-hybridized carbons (Fsp3) is 0.333. The molecule has 0 bridgehead atoms. The first-order valence-corrected chi connectivity index (χ1v) is 6.54. The van der Waals surface area contributed by atoms with Crippen molar-refractivity contribution in [1.82, 2.24) is 15.5 Å². The van der Waals surface area contributed by atoms with E-state index >= 15 is 0 Å². The zero-order valence-electron chi connectivity index (χ0n) is 10.9. The van der Waals surface area contributed by atoms with Crippen LogP contribution in [-0.2, 0) is 0 Å². The Morgan fingerprint density at radius 2 is 2.16 bits per heavy atom. The zero-order valence-corrected chi connectivity index (χ0v) is 12.5. The molecule has 2 N–H and O–H groups in total. The number of nitrogens with one attached hydrogen (secondary N) is 2. The second-order valence-corrected chi connectivity index (χ2v) is 4.84. The van der Waals surface area contributed by atoms with Crippen molar-refractivity contribution in [3.63, 3.8) is 0 Å². The van der Waals surface area contributed by atoms with Crippen LogP contribution in [0, 0.1) is 0 Å². The Hall–Kier alpha value is -1.60. The van der Waals surface area contributed by atoms with Crippen LogP contribution in [0.15, 0.2) is 27.1 Å². The van der Waals surface area contributed by atoms with E-state index in [9.17, 15) is 0 Å². The molecule has 0 saturated carbocycles. The van der Waals surface area contributed by atoms with Crippen LogP contribution in [-0.4, -0.2) is 24.4 Å². The van der Waals surface area contributed by atoms with E-state index < -0.39 is 0 Å². The van der Waals surface area contributed by atoms with Crippen LogP contribution in [0.25, 0.3) is 0 Å². The lowest BCUT2D eigenvalue weighted by atomic mass is 10.3. The minimum atomic E-state index is 0.00690. The van der Waals surface area contributed by atoms with Crippen LogP contribution >= 0.6 is 15.9 Å². The van der Waals surface area contributed by atoms with E-state index in [0.29, 0.717) is 17.7 Å². The largest absolute Gasteiger partial charge is 0.495 e. The fourth-order valence-electron chi connectivity index (χ4n) is 1.48. The molecule has 102 valence electrons. The fourth-order valence-corrected chi connectivity index (χ4v) is 1.84. The third-order valence-corrected chi connectivity index (χ3v) is 3.14. The number of nitrogens with zero attached hydrogens (tertiary/aromatic N) is 2. The molecule has 0 aliphatic heterocycles. The molecule has 0 spiro atoms. The quantitative estimate of drug-likeness (QED) is 0.880. The Balaban J connectivity index is 2.21. The third kappa shape index (κ3) is 3.24. The summed E-state index contributed by atoms with van der Waals surface area (Å²) < 4.78 is 11.7. The molecular formula is C12H15BrN4O2. The average Bonchev–Trinajstić information content (AvgIpc) is 2.86. The van der Waals surface area contributed by atoms with E-state index in [2.05, 4.69) is 36.8 Å². The number of anilines is 2. The molecule has 0 saturated heterocycles. The number of hydrogen-bond acceptors (Lipinski definition) is 6. The molecule has 1 heterocycles. The highest BCUT2D eigenvalue weighted by Crippen LogP contribution is 2.30. The third-order valence-electron chi connectivity index (χ3n) is 2.65. The second kappa shape index (κ2) is 6.03. The lowest BCUT2D eigenvalue weighted by Gasteiger charge is -2.08. The Bertz CT molecular complexity index is 558. The van der Waals surface area contributed by atoms with Crippen molar-refractivity contribution in [2.75, 3.05) is 19.5 Å². The van der Waals surface area contributed by atoms with E-state index in [1.807, 2.05) is 32.2 Å². The number of methoxy groups -OCH3 is 1. The van der Waals surface area contributed by atoms with Crippen LogP contribution in [0.3, 0.4) is 0 Å². The molecule has 1 unspecified atom stereocenters. The summed E-state index contributed by atoms with van der Waals surface area (Å²) in [4.78, 5) is 0. The maximum absolute atomic E-state index is 5.51. The molecule has 19 heavy (non-hydrogen) atoms. The number of ether oxygens (including phenoxy) is 1. The monoisotopic (exact) mass is 326 g/mol. The predicted octanol–water partition coefficient (Wildman–Crippen LogP) is 2.86. The summed E-state index contributed by atoms with van der Waals surface area (Å²) in [6, 6.07) is 5.96. The standard InChI is InChI=1S/C12H15BrN4O2/c1-7(14-2)11-16-17-12(19-11)15-9-6-8(13)4-5-10(9)18-3/h4-7,14H,1-3H3,(H,15,17). The van der Waals surface area contributed by atoms with Crippen molar-refractivity contribution < 1.29 is 9.15 Å². The molecule has 0 amide bonds. The Labute approximate surface area is 119 Å². The van der Waals surface area contributed by atoms with Gasteiger partial charge in [-0.25, -0.2) is 0 Å². The summed E-state index contributed by atoms with van der Waals surface area (Å²) in [5, 5.41) is 14.0. The van der Waals surface area contributed by atoms with E-state index in [-0.39, 0.29) is 6.04 Å². The van der Waals surface area contributed by atoms with E-state index in [0.717, 1.165) is 10.2 Å². The van der Waals surface area contributed by atoms with Crippen LogP contribution < -0.4 is 15.4 Å². The number of benzene rings is 1. The van der Waals surface area contributed by atoms with Gasteiger partial charge in [-0.2, -0.15) is 0 Å². The molecule has 2 aromatic rings. The summed E-state index contributed by atoms with van der Waals surface area (Å²) in [5.74, 6) is 1.23. The summed E-state index contributed by atoms with van der Waals surface area (Å²) in [6.45, 7) is 1.94. The van der Waals surface area contributed by atoms with Gasteiger partial charge in [-0.15, -0.1) is 5.10 Å². The van der Waals surface area contributed by atoms with Crippen molar-refractivity contribution in [1.29, 1.82) is 0 Å². The highest BCUT2D eigenvalue weighted by Gasteiger charge is 2.13. The summed E-state index contributed by atoms with van der Waals surface area (Å²) >= 11 is 3.41. The molecule has 2 rings (SSSR count). The lowest BCUT2D eigenvalue weighted by Crippen LogP contribution is -2.12. The first kappa shape index (κ1) is 13.8. The molecule has 0 fully saturated rings. The van der Waals surface area contributed by atoms with Crippen molar-refractivity contribution >= 4 is 27.6 Å². The minimum Gasteiger partial charge on any atom is -0.495 e. The normalized spacial score (nSPS) is 12.2. The lowest BCUT2D eigenvalue weighted by molar-refractivity contribution is 0.415. The molecule has 1 aromatic carbocycles. The van der Waals surface area contributed by atoms with Gasteiger partial charge in [0.2, 0.25) is 5.89 Å². The van der Waals surface area contributed by atoms with Gasteiger partial charge >= 0.3 is 6.01 Å². The van der Waals surface area contributed by atoms with Crippen molar-refractivity contribution in [2.24, 2.45) is 0 Å². The molecule has 0 radical (unpaired) electrons. The molecule has 1 aromatic heterocycles. The number of hydrogen-bond donors (Lipinski definition) is 2. The average molecular weight is 327 g/mol. The van der Waals surface area contributed by atoms with Gasteiger partial charge in [-0.3, -0.25) is 0 Å². The molecule has 1 atom stereocenters. The van der Waals surface area contributed by atoms with Crippen molar-refractivity contribution in [3.05, 3.63) is 28.6 Å². The van der Waals surface area contributed by atoms with Gasteiger partial charge in [0.15, 0.2) is 0 Å². The van der Waals surface area contributed by atoms with Crippen LogP contribution in [0.2, 0.25) is 0 Å². The summed E-state index contributed by atoms with van der Waals surface area (Å²) in [7, 11) is 3.44. The molecule has 7 heteroatoms. The molecule has 0 aliphatic carbocycles. The van der Waals surface area contributed by atoms with E-state index in [1.165, 1.54) is 0 Å². The van der Waals surface area contributed by atoms with Gasteiger partial charge in [0.1, 0.15) is 5.75 Å². The Morgan fingerprint density at radius 1 is 1.37 bits per heavy atom. The topological polar surface area (TPSA) is 72.2 Å². The number of aromatic nitrogens is 2. The molecule has 0 aliphatic rings. The molecule has 6 nitrogen and oxygen atoms in total. The maximum Gasteiger partial charge on any atom is 0.320 e.